The van der Waals surface area contributed by atoms with Crippen LogP contribution in [0.3, 0.4) is 0 Å². The van der Waals surface area contributed by atoms with Gasteiger partial charge in [-0.25, -0.2) is 27.4 Å². The highest BCUT2D eigenvalue weighted by Crippen LogP contribution is 2.44. The summed E-state index contributed by atoms with van der Waals surface area (Å²) in [4.78, 5) is 25.5. The van der Waals surface area contributed by atoms with E-state index in [0.717, 1.165) is 23.7 Å². The fraction of sp³-hybridized carbons (Fsp3) is 0.328. The predicted octanol–water partition coefficient (Wildman–Crippen LogP) is 27.1. The summed E-state index contributed by atoms with van der Waals surface area (Å²) in [5, 5.41) is 0. The molecule has 0 aliphatic heterocycles. The number of pyridine rings is 12. The zero-order valence-electron chi connectivity index (χ0n) is 84.6. The lowest BCUT2D eigenvalue weighted by Gasteiger charge is -2.23. The Kier molecular flexibility index (Phi) is 33.7. The standard InChI is InChI=1S/C27H27N2.C26H25N2.C19H25N2.2C18H23N2.C17H21N2/c1-18-8-10-22(11-9-18)23-15-19(2)26(20(3)16-23)25-7-6-14-29(5)27(25)24-12-13-28-17-21(24)4;1-18-15-22(21-9-6-5-7-10-21)16-19(2)25(18)24-11-8-14-28(4)26(24)23-12-13-27-17-20(23)3;1-15-14-20-11-10-18(15)19-17(9-6-12-21(19)2)13-16-7-4-3-5-8-16;1-14-13-19-10-9-17(14)18-16(8-5-11-20(18)2)12-15-6-3-4-7-15;1-14-13-19-11-10-16(14)18-17(9-6-12-20(18)2)15-7-4-3-5-8-15;1-13-12-18-10-9-15(13)17-16(8-5-11-19(17)2)14-6-3-4-7-14/h6-17H,1-5H3;5-17H,1-4H3;6,9-12,14,16H,3-5,7-8,13H2,1-2H3;5,8-11,13,15H,3-4,6-7,12H2,1-2H3;6,9-13,15H,3-5,7-8H2,1-2H3;5,8-12,14H,3-4,6-7H2,1-2H3/q6*+1. The number of hydrogen-bond acceptors (Lipinski definition) is 6. The van der Waals surface area contributed by atoms with Crippen LogP contribution in [0.5, 0.6) is 0 Å². The first kappa shape index (κ1) is 98.2. The van der Waals surface area contributed by atoms with Crippen LogP contribution in [0, 0.1) is 88.0 Å². The molecule has 0 radical (unpaired) electrons. The van der Waals surface area contributed by atoms with Gasteiger partial charge in [0.1, 0.15) is 42.3 Å². The smallest absolute Gasteiger partial charge is 0.220 e. The molecule has 0 unspecified atom stereocenters. The fourth-order valence-electron chi connectivity index (χ4n) is 22.1. The van der Waals surface area contributed by atoms with E-state index in [4.69, 9.17) is 0 Å². The molecule has 4 saturated carbocycles. The molecule has 0 spiro atoms. The van der Waals surface area contributed by atoms with E-state index in [1.807, 2.05) is 74.4 Å². The van der Waals surface area contributed by atoms with Gasteiger partial charge in [-0.2, -0.15) is 0 Å². The number of aryl methyl sites for hydroxylation is 17. The second kappa shape index (κ2) is 47.0. The second-order valence-electron chi connectivity index (χ2n) is 39.3. The van der Waals surface area contributed by atoms with Crippen molar-refractivity contribution in [3.63, 3.8) is 0 Å². The van der Waals surface area contributed by atoms with Crippen molar-refractivity contribution < 1.29 is 27.4 Å². The maximum absolute atomic E-state index is 4.28. The van der Waals surface area contributed by atoms with Gasteiger partial charge in [-0.05, 0) is 300 Å². The Labute approximate surface area is 817 Å². The van der Waals surface area contributed by atoms with E-state index in [-0.39, 0.29) is 0 Å². The molecule has 4 fully saturated rings. The maximum atomic E-state index is 4.28. The lowest BCUT2D eigenvalue weighted by Crippen LogP contribution is -2.32. The van der Waals surface area contributed by atoms with Gasteiger partial charge in [0.15, 0.2) is 37.2 Å². The SMILES string of the molecule is Cc1ccc(-c2cc(C)c(-c3ccc[n+](C)c3-c3ccncc3C)c(C)c2)cc1.Cc1cnccc1-c1c(-c2c(C)cc(-c3ccccc3)cc2C)ccc[n+]1C.Cc1cnccc1-c1c(C2CCCC2)ccc[n+]1C.Cc1cnccc1-c1c(C2CCCCC2)ccc[n+]1C.Cc1cnccc1-c1c(CC2CCCC2)ccc[n+]1C.Cc1cnccc1-c1c(CC2CCCCC2)ccc[n+]1C. The molecule has 0 N–H and O–H groups in total. The lowest BCUT2D eigenvalue weighted by atomic mass is 9.82. The van der Waals surface area contributed by atoms with Crippen molar-refractivity contribution in [2.75, 3.05) is 0 Å². The minimum Gasteiger partial charge on any atom is -0.264 e. The van der Waals surface area contributed by atoms with Crippen molar-refractivity contribution in [3.8, 4) is 112 Å². The zero-order valence-corrected chi connectivity index (χ0v) is 84.6. The monoisotopic (exact) mass is 1810 g/mol. The third-order valence-corrected chi connectivity index (χ3v) is 29.1. The summed E-state index contributed by atoms with van der Waals surface area (Å²) >= 11 is 0. The molecule has 0 atom stereocenters. The Bertz CT molecular complexity index is 6740. The Morgan fingerprint density at radius 3 is 0.818 bits per heavy atom. The molecule has 4 aliphatic rings. The maximum Gasteiger partial charge on any atom is 0.220 e. The largest absolute Gasteiger partial charge is 0.264 e. The van der Waals surface area contributed by atoms with E-state index in [2.05, 4.69) is 401 Å². The van der Waals surface area contributed by atoms with Gasteiger partial charge in [0.25, 0.3) is 0 Å². The van der Waals surface area contributed by atoms with E-state index in [1.165, 1.54) is 324 Å². The van der Waals surface area contributed by atoms with Crippen LogP contribution in [-0.2, 0) is 55.1 Å². The highest BCUT2D eigenvalue weighted by Gasteiger charge is 2.32. The number of rotatable bonds is 16. The van der Waals surface area contributed by atoms with Crippen molar-refractivity contribution in [2.45, 2.75) is 216 Å². The Morgan fingerprint density at radius 1 is 0.226 bits per heavy atom. The molecule has 0 amide bonds. The topological polar surface area (TPSA) is 101 Å². The minimum atomic E-state index is 0.721. The molecular weight excluding hydrogens is 1670 g/mol. The van der Waals surface area contributed by atoms with Gasteiger partial charge in [0, 0.05) is 133 Å². The molecule has 12 heteroatoms. The summed E-state index contributed by atoms with van der Waals surface area (Å²) in [6, 6.07) is 68.0. The van der Waals surface area contributed by atoms with Crippen molar-refractivity contribution in [1.29, 1.82) is 0 Å². The quantitative estimate of drug-likeness (QED) is 0.0894. The first-order valence-electron chi connectivity index (χ1n) is 50.3. The van der Waals surface area contributed by atoms with Crippen molar-refractivity contribution in [3.05, 3.63) is 383 Å². The first-order valence-corrected chi connectivity index (χ1v) is 50.3. The van der Waals surface area contributed by atoms with Crippen LogP contribution in [0.2, 0.25) is 0 Å². The number of aromatic nitrogens is 12. The number of hydrogen-bond donors (Lipinski definition) is 0. The van der Waals surface area contributed by atoms with Crippen LogP contribution in [0.25, 0.3) is 112 Å². The fourth-order valence-corrected chi connectivity index (χ4v) is 22.1. The molecule has 0 saturated heterocycles. The molecule has 20 rings (SSSR count). The Morgan fingerprint density at radius 2 is 0.489 bits per heavy atom. The lowest BCUT2D eigenvalue weighted by molar-refractivity contribution is -0.661. The molecule has 12 heterocycles. The van der Waals surface area contributed by atoms with Crippen LogP contribution in [-0.4, -0.2) is 29.9 Å². The van der Waals surface area contributed by atoms with Gasteiger partial charge in [-0.15, -0.1) is 0 Å². The molecule has 4 aliphatic carbocycles. The highest BCUT2D eigenvalue weighted by molar-refractivity contribution is 5.87. The summed E-state index contributed by atoms with van der Waals surface area (Å²) < 4.78 is 13.5. The zero-order chi connectivity index (χ0) is 96.0. The van der Waals surface area contributed by atoms with E-state index >= 15 is 0 Å². The van der Waals surface area contributed by atoms with Crippen LogP contribution in [0.1, 0.15) is 211 Å². The summed E-state index contributed by atoms with van der Waals surface area (Å²) in [7, 11) is 12.8. The molecule has 12 aromatic heterocycles. The molecule has 16 aromatic rings. The van der Waals surface area contributed by atoms with Gasteiger partial charge in [-0.1, -0.05) is 174 Å². The first-order chi connectivity index (χ1) is 66.6. The summed E-state index contributed by atoms with van der Waals surface area (Å²) in [5.74, 6) is 3.19. The average molecular weight is 1810 g/mol. The molecule has 12 nitrogen and oxygen atoms in total. The van der Waals surface area contributed by atoms with E-state index in [9.17, 15) is 0 Å². The summed E-state index contributed by atoms with van der Waals surface area (Å²) in [6.07, 6.45) is 63.2. The minimum absolute atomic E-state index is 0.721. The Balaban J connectivity index is 0.000000126. The third-order valence-electron chi connectivity index (χ3n) is 29.1. The Hall–Kier alpha value is -13.3. The van der Waals surface area contributed by atoms with Crippen LogP contribution >= 0.6 is 0 Å². The number of benzene rings is 4. The average Bonchev–Trinajstić information content (AvgIpc) is 1.14. The molecule has 4 aromatic carbocycles. The van der Waals surface area contributed by atoms with Crippen molar-refractivity contribution >= 4 is 0 Å². The number of nitrogens with zero attached hydrogens (tertiary/aromatic N) is 12. The highest BCUT2D eigenvalue weighted by atomic mass is 15.0. The summed E-state index contributed by atoms with van der Waals surface area (Å²) in [5.41, 5.74) is 45.6. The van der Waals surface area contributed by atoms with Crippen molar-refractivity contribution in [2.24, 2.45) is 54.1 Å². The van der Waals surface area contributed by atoms with Crippen LogP contribution in [0.15, 0.2) is 300 Å². The summed E-state index contributed by atoms with van der Waals surface area (Å²) in [6.45, 7) is 23.8. The van der Waals surface area contributed by atoms with Gasteiger partial charge in [-0.3, -0.25) is 29.9 Å². The van der Waals surface area contributed by atoms with E-state index < -0.39 is 0 Å². The normalized spacial score (nSPS) is 13.9. The van der Waals surface area contributed by atoms with E-state index in [0.29, 0.717) is 0 Å². The van der Waals surface area contributed by atoms with Crippen LogP contribution < -0.4 is 27.4 Å². The van der Waals surface area contributed by atoms with Gasteiger partial charge in [0.2, 0.25) is 34.2 Å². The molecular formula is C125H144N12+6. The van der Waals surface area contributed by atoms with Gasteiger partial charge >= 0.3 is 0 Å². The van der Waals surface area contributed by atoms with E-state index in [1.54, 1.807) is 0 Å². The third kappa shape index (κ3) is 24.0. The molecule has 698 valence electrons. The van der Waals surface area contributed by atoms with Crippen molar-refractivity contribution in [1.82, 2.24) is 29.9 Å². The predicted molar refractivity (Wildman–Crippen MR) is 562 cm³/mol. The molecule has 137 heavy (non-hydrogen) atoms. The van der Waals surface area contributed by atoms with Crippen LogP contribution in [0.4, 0.5) is 0 Å². The van der Waals surface area contributed by atoms with Gasteiger partial charge < -0.3 is 0 Å². The molecule has 0 bridgehead atoms. The van der Waals surface area contributed by atoms with Gasteiger partial charge in [0.05, 0.1) is 44.5 Å². The second-order valence-corrected chi connectivity index (χ2v) is 39.3.